The predicted molar refractivity (Wildman–Crippen MR) is 145 cm³/mol. The quantitative estimate of drug-likeness (QED) is 0.318. The summed E-state index contributed by atoms with van der Waals surface area (Å²) in [4.78, 5) is 16.7. The fourth-order valence-corrected chi connectivity index (χ4v) is 5.75. The molecule has 3 N–H and O–H groups in total. The Bertz CT molecular complexity index is 1730. The smallest absolute Gasteiger partial charge is 0.352 e. The maximum absolute atomic E-state index is 13.3. The van der Waals surface area contributed by atoms with Crippen molar-refractivity contribution in [2.75, 3.05) is 11.4 Å². The number of aromatic nitrogens is 2. The van der Waals surface area contributed by atoms with Crippen molar-refractivity contribution < 1.29 is 18.3 Å². The Morgan fingerprint density at radius 1 is 0.973 bits per heavy atom. The van der Waals surface area contributed by atoms with Crippen LogP contribution in [0.1, 0.15) is 27.3 Å². The predicted octanol–water partition coefficient (Wildman–Crippen LogP) is 4.36. The lowest BCUT2D eigenvalue weighted by atomic mass is 10.0. The molecule has 0 unspecified atom stereocenters. The second-order valence-corrected chi connectivity index (χ2v) is 10.9. The van der Waals surface area contributed by atoms with Crippen molar-refractivity contribution in [2.24, 2.45) is 5.73 Å². The van der Waals surface area contributed by atoms with Gasteiger partial charge in [0.1, 0.15) is 11.3 Å². The number of hydrogen-bond acceptors (Lipinski definition) is 5. The van der Waals surface area contributed by atoms with Crippen molar-refractivity contribution in [3.05, 3.63) is 107 Å². The standard InChI is InChI=1S/C28H26N4O4S/c1-31(37(35,36)18-19-7-3-2-4-8-19)24-13-20-9-5-6-10-25(20)22(14-24)17-32-26(28(33)34)15-21-11-12-23(16-29)30-27(21)32/h2-15H,16-18,29H2,1H3,(H,33,34). The SMILES string of the molecule is CN(c1cc(Cn2c(C(=O)O)cc3ccc(CN)nc32)c2ccccc2c1)S(=O)(=O)Cc1ccccc1. The van der Waals surface area contributed by atoms with E-state index in [0.29, 0.717) is 28.0 Å². The number of rotatable bonds is 8. The van der Waals surface area contributed by atoms with E-state index in [1.807, 2.05) is 54.6 Å². The van der Waals surface area contributed by atoms with E-state index in [1.54, 1.807) is 34.9 Å². The van der Waals surface area contributed by atoms with Crippen LogP contribution in [0.15, 0.2) is 84.9 Å². The number of nitrogens with two attached hydrogens (primary N) is 1. The number of carboxylic acid groups (broad SMARTS) is 1. The average Bonchev–Trinajstić information content (AvgIpc) is 3.26. The number of aromatic carboxylic acids is 1. The summed E-state index contributed by atoms with van der Waals surface area (Å²) in [5.41, 5.74) is 9.00. The van der Waals surface area contributed by atoms with Gasteiger partial charge in [0.2, 0.25) is 10.0 Å². The highest BCUT2D eigenvalue weighted by atomic mass is 32.2. The molecule has 0 bridgehead atoms. The molecule has 0 fully saturated rings. The second kappa shape index (κ2) is 9.68. The Kier molecular flexibility index (Phi) is 6.41. The molecular weight excluding hydrogens is 488 g/mol. The van der Waals surface area contributed by atoms with Gasteiger partial charge < -0.3 is 15.4 Å². The number of carboxylic acids is 1. The normalized spacial score (nSPS) is 11.7. The molecule has 8 nitrogen and oxygen atoms in total. The molecule has 0 aliphatic carbocycles. The molecule has 37 heavy (non-hydrogen) atoms. The van der Waals surface area contributed by atoms with Crippen LogP contribution in [0.4, 0.5) is 5.69 Å². The monoisotopic (exact) mass is 514 g/mol. The molecule has 0 atom stereocenters. The third-order valence-corrected chi connectivity index (χ3v) is 8.21. The fourth-order valence-electron chi connectivity index (χ4n) is 4.52. The van der Waals surface area contributed by atoms with Crippen LogP contribution in [0.2, 0.25) is 0 Å². The molecule has 0 aliphatic heterocycles. The summed E-state index contributed by atoms with van der Waals surface area (Å²) in [6, 6.07) is 25.5. The van der Waals surface area contributed by atoms with E-state index in [9.17, 15) is 18.3 Å². The van der Waals surface area contributed by atoms with Crippen LogP contribution >= 0.6 is 0 Å². The van der Waals surface area contributed by atoms with Crippen LogP contribution in [0.25, 0.3) is 21.8 Å². The summed E-state index contributed by atoms with van der Waals surface area (Å²) in [6.07, 6.45) is 0. The summed E-state index contributed by atoms with van der Waals surface area (Å²) in [7, 11) is -2.14. The Morgan fingerprint density at radius 3 is 2.43 bits per heavy atom. The first-order chi connectivity index (χ1) is 17.8. The van der Waals surface area contributed by atoms with Crippen molar-refractivity contribution in [2.45, 2.75) is 18.8 Å². The van der Waals surface area contributed by atoms with Crippen molar-refractivity contribution in [3.8, 4) is 0 Å². The first-order valence-electron chi connectivity index (χ1n) is 11.7. The van der Waals surface area contributed by atoms with Crippen molar-refractivity contribution in [1.29, 1.82) is 0 Å². The fraction of sp³-hybridized carbons (Fsp3) is 0.143. The molecule has 0 amide bonds. The van der Waals surface area contributed by atoms with Gasteiger partial charge in [-0.25, -0.2) is 18.2 Å². The minimum absolute atomic E-state index is 0.0937. The van der Waals surface area contributed by atoms with Gasteiger partial charge in [0.25, 0.3) is 0 Å². The molecular formula is C28H26N4O4S. The highest BCUT2D eigenvalue weighted by Crippen LogP contribution is 2.30. The van der Waals surface area contributed by atoms with Gasteiger partial charge in [0.15, 0.2) is 0 Å². The van der Waals surface area contributed by atoms with E-state index in [4.69, 9.17) is 5.73 Å². The minimum atomic E-state index is -3.67. The van der Waals surface area contributed by atoms with Gasteiger partial charge in [0.05, 0.1) is 23.7 Å². The van der Waals surface area contributed by atoms with Crippen LogP contribution in [-0.2, 0) is 28.9 Å². The highest BCUT2D eigenvalue weighted by molar-refractivity contribution is 7.92. The van der Waals surface area contributed by atoms with Crippen LogP contribution in [0, 0.1) is 0 Å². The zero-order valence-corrected chi connectivity index (χ0v) is 21.0. The highest BCUT2D eigenvalue weighted by Gasteiger charge is 2.22. The van der Waals surface area contributed by atoms with Gasteiger partial charge in [-0.3, -0.25) is 4.31 Å². The number of benzene rings is 3. The van der Waals surface area contributed by atoms with Gasteiger partial charge in [-0.05, 0) is 52.2 Å². The third-order valence-electron chi connectivity index (χ3n) is 6.46. The van der Waals surface area contributed by atoms with Gasteiger partial charge in [-0.15, -0.1) is 0 Å². The lowest BCUT2D eigenvalue weighted by Gasteiger charge is -2.22. The lowest BCUT2D eigenvalue weighted by molar-refractivity contribution is 0.0686. The van der Waals surface area contributed by atoms with Gasteiger partial charge in [-0.2, -0.15) is 0 Å². The molecule has 2 heterocycles. The summed E-state index contributed by atoms with van der Waals surface area (Å²) in [5, 5.41) is 12.3. The molecule has 5 rings (SSSR count). The number of hydrogen-bond donors (Lipinski definition) is 2. The molecule has 0 saturated carbocycles. The van der Waals surface area contributed by atoms with E-state index in [-0.39, 0.29) is 24.5 Å². The van der Waals surface area contributed by atoms with Gasteiger partial charge in [-0.1, -0.05) is 54.6 Å². The Labute approximate surface area is 214 Å². The van der Waals surface area contributed by atoms with Crippen molar-refractivity contribution >= 4 is 43.5 Å². The Balaban J connectivity index is 1.62. The number of pyridine rings is 1. The van der Waals surface area contributed by atoms with Gasteiger partial charge >= 0.3 is 5.97 Å². The van der Waals surface area contributed by atoms with E-state index < -0.39 is 16.0 Å². The maximum atomic E-state index is 13.3. The van der Waals surface area contributed by atoms with Crippen LogP contribution in [0.5, 0.6) is 0 Å². The average molecular weight is 515 g/mol. The zero-order chi connectivity index (χ0) is 26.2. The molecule has 5 aromatic rings. The molecule has 0 spiro atoms. The topological polar surface area (TPSA) is 119 Å². The van der Waals surface area contributed by atoms with Crippen LogP contribution in [0.3, 0.4) is 0 Å². The van der Waals surface area contributed by atoms with E-state index in [2.05, 4.69) is 4.98 Å². The summed E-state index contributed by atoms with van der Waals surface area (Å²) >= 11 is 0. The Morgan fingerprint density at radius 2 is 1.70 bits per heavy atom. The van der Waals surface area contributed by atoms with E-state index >= 15 is 0 Å². The van der Waals surface area contributed by atoms with Crippen LogP contribution < -0.4 is 10.0 Å². The summed E-state index contributed by atoms with van der Waals surface area (Å²) < 4.78 is 29.5. The number of fused-ring (bicyclic) bond motifs is 2. The largest absolute Gasteiger partial charge is 0.477 e. The van der Waals surface area contributed by atoms with Crippen LogP contribution in [-0.4, -0.2) is 36.1 Å². The van der Waals surface area contributed by atoms with E-state index in [0.717, 1.165) is 16.3 Å². The number of carbonyl (C=O) groups is 1. The first-order valence-corrected chi connectivity index (χ1v) is 13.3. The number of nitrogens with zero attached hydrogens (tertiary/aromatic N) is 3. The zero-order valence-electron chi connectivity index (χ0n) is 20.2. The molecule has 188 valence electrons. The van der Waals surface area contributed by atoms with Crippen molar-refractivity contribution in [1.82, 2.24) is 9.55 Å². The second-order valence-electron chi connectivity index (χ2n) is 8.88. The maximum Gasteiger partial charge on any atom is 0.352 e. The minimum Gasteiger partial charge on any atom is -0.477 e. The number of anilines is 1. The van der Waals surface area contributed by atoms with E-state index in [1.165, 1.54) is 11.4 Å². The summed E-state index contributed by atoms with van der Waals surface area (Å²) in [5.74, 6) is -1.21. The Hall–Kier alpha value is -4.21. The number of sulfonamides is 1. The molecule has 9 heteroatoms. The molecule has 0 radical (unpaired) electrons. The first kappa shape index (κ1) is 24.5. The third kappa shape index (κ3) is 4.78. The molecule has 0 saturated heterocycles. The van der Waals surface area contributed by atoms with Crippen molar-refractivity contribution in [3.63, 3.8) is 0 Å². The summed E-state index contributed by atoms with van der Waals surface area (Å²) in [6.45, 7) is 0.416. The molecule has 2 aromatic heterocycles. The van der Waals surface area contributed by atoms with Gasteiger partial charge in [0, 0.05) is 19.0 Å². The molecule has 3 aromatic carbocycles. The molecule has 0 aliphatic rings. The lowest BCUT2D eigenvalue weighted by Crippen LogP contribution is -2.28.